The van der Waals surface area contributed by atoms with Crippen molar-refractivity contribution in [3.8, 4) is 0 Å². The molecule has 6 rings (SSSR count). The Kier molecular flexibility index (Phi) is 4.22. The van der Waals surface area contributed by atoms with Gasteiger partial charge in [0.15, 0.2) is 0 Å². The highest BCUT2D eigenvalue weighted by Crippen LogP contribution is 2.83. The second kappa shape index (κ2) is 6.23. The van der Waals surface area contributed by atoms with Gasteiger partial charge in [-0.3, -0.25) is 4.79 Å². The van der Waals surface area contributed by atoms with Crippen LogP contribution in [0.15, 0.2) is 12.2 Å². The first-order chi connectivity index (χ1) is 15.0. The summed E-state index contributed by atoms with van der Waals surface area (Å²) < 4.78 is 0. The number of aliphatic hydroxyl groups excluding tert-OH is 1. The summed E-state index contributed by atoms with van der Waals surface area (Å²) in [5, 5.41) is 21.1. The number of allylic oxidation sites excluding steroid dienone is 1. The summed E-state index contributed by atoms with van der Waals surface area (Å²) in [4.78, 5) is 12.7. The van der Waals surface area contributed by atoms with E-state index in [-0.39, 0.29) is 22.9 Å². The van der Waals surface area contributed by atoms with Gasteiger partial charge in [-0.2, -0.15) is 0 Å². The molecule has 0 saturated heterocycles. The molecule has 0 aliphatic heterocycles. The van der Waals surface area contributed by atoms with Crippen LogP contribution >= 0.6 is 0 Å². The average Bonchev–Trinajstić information content (AvgIpc) is 3.36. The van der Waals surface area contributed by atoms with E-state index >= 15 is 0 Å². The fraction of sp³-hybridized carbons (Fsp3) is 0.897. The molecule has 6 aliphatic rings. The molecular weight excluding hydrogens is 396 g/mol. The van der Waals surface area contributed by atoms with Gasteiger partial charge in [0.25, 0.3) is 0 Å². The number of fused-ring (bicyclic) bond motifs is 6. The van der Waals surface area contributed by atoms with E-state index in [0.717, 1.165) is 32.1 Å². The Labute approximate surface area is 194 Å². The summed E-state index contributed by atoms with van der Waals surface area (Å²) in [5.74, 6) is 1.87. The van der Waals surface area contributed by atoms with Crippen LogP contribution in [0.5, 0.6) is 0 Å². The smallest absolute Gasteiger partial charge is 0.309 e. The van der Waals surface area contributed by atoms with E-state index in [1.807, 2.05) is 0 Å². The molecule has 11 atom stereocenters. The highest BCUT2D eigenvalue weighted by atomic mass is 16.4. The molecule has 4 unspecified atom stereocenters. The van der Waals surface area contributed by atoms with Gasteiger partial charge in [0.2, 0.25) is 0 Å². The Morgan fingerprint density at radius 1 is 0.844 bits per heavy atom. The summed E-state index contributed by atoms with van der Waals surface area (Å²) in [6.45, 7) is 14.3. The van der Waals surface area contributed by atoms with Gasteiger partial charge in [0, 0.05) is 0 Å². The molecule has 0 amide bonds. The number of aliphatic hydroxyl groups is 1. The fourth-order valence-corrected chi connectivity index (χ4v) is 11.8. The minimum absolute atomic E-state index is 0.0694. The third kappa shape index (κ3) is 2.17. The van der Waals surface area contributed by atoms with Crippen molar-refractivity contribution in [2.24, 2.45) is 56.7 Å². The molecule has 0 aromatic carbocycles. The largest absolute Gasteiger partial charge is 0.481 e. The van der Waals surface area contributed by atoms with E-state index < -0.39 is 11.4 Å². The van der Waals surface area contributed by atoms with Crippen LogP contribution in [0.4, 0.5) is 0 Å². The first-order valence-electron chi connectivity index (χ1n) is 13.5. The zero-order chi connectivity index (χ0) is 22.9. The van der Waals surface area contributed by atoms with Crippen molar-refractivity contribution in [1.29, 1.82) is 0 Å². The minimum atomic E-state index is -0.530. The van der Waals surface area contributed by atoms with Gasteiger partial charge in [0.05, 0.1) is 11.5 Å². The molecule has 3 nitrogen and oxygen atoms in total. The molecule has 0 bridgehead atoms. The van der Waals surface area contributed by atoms with E-state index in [0.29, 0.717) is 34.5 Å². The second-order valence-corrected chi connectivity index (χ2v) is 14.0. The molecule has 6 fully saturated rings. The zero-order valence-corrected chi connectivity index (χ0v) is 20.8. The first-order valence-corrected chi connectivity index (χ1v) is 13.5. The molecule has 3 heteroatoms. The molecule has 0 heterocycles. The number of carboxylic acid groups (broad SMARTS) is 1. The van der Waals surface area contributed by atoms with Gasteiger partial charge >= 0.3 is 5.97 Å². The fourth-order valence-electron chi connectivity index (χ4n) is 11.8. The maximum Gasteiger partial charge on any atom is 0.309 e. The van der Waals surface area contributed by atoms with Crippen LogP contribution in [-0.4, -0.2) is 22.3 Å². The Bertz CT molecular complexity index is 880. The van der Waals surface area contributed by atoms with Gasteiger partial charge in [0.1, 0.15) is 0 Å². The minimum Gasteiger partial charge on any atom is -0.481 e. The Balaban J connectivity index is 1.42. The SMILES string of the molecule is C=C(C)[C@@H]1CC[C@]2(C(=O)O)CC[C@]3(C)C(CCC4[C@@]5(C)CC[C@H](O)[C@@H]6CC65CC[C@]43C)C12. The molecule has 0 aromatic rings. The van der Waals surface area contributed by atoms with Gasteiger partial charge in [-0.1, -0.05) is 32.9 Å². The Morgan fingerprint density at radius 2 is 1.56 bits per heavy atom. The maximum atomic E-state index is 12.7. The van der Waals surface area contributed by atoms with Gasteiger partial charge in [-0.05, 0) is 129 Å². The third-order valence-corrected chi connectivity index (χ3v) is 13.8. The molecule has 1 spiro atoms. The first kappa shape index (κ1) is 21.7. The normalized spacial score (nSPS) is 60.3. The lowest BCUT2D eigenvalue weighted by Crippen LogP contribution is -2.65. The number of hydrogen-bond acceptors (Lipinski definition) is 2. The van der Waals surface area contributed by atoms with Crippen LogP contribution in [0.3, 0.4) is 0 Å². The van der Waals surface area contributed by atoms with E-state index in [4.69, 9.17) is 0 Å². The van der Waals surface area contributed by atoms with Crippen molar-refractivity contribution in [3.05, 3.63) is 12.2 Å². The maximum absolute atomic E-state index is 12.7. The summed E-state index contributed by atoms with van der Waals surface area (Å²) in [6.07, 6.45) is 12.1. The van der Waals surface area contributed by atoms with Crippen LogP contribution in [0.25, 0.3) is 0 Å². The number of rotatable bonds is 2. The topological polar surface area (TPSA) is 57.5 Å². The van der Waals surface area contributed by atoms with Crippen LogP contribution in [0, 0.1) is 56.7 Å². The second-order valence-electron chi connectivity index (χ2n) is 14.0. The highest BCUT2D eigenvalue weighted by Gasteiger charge is 2.77. The molecule has 0 aromatic heterocycles. The van der Waals surface area contributed by atoms with Crippen LogP contribution < -0.4 is 0 Å². The summed E-state index contributed by atoms with van der Waals surface area (Å²) in [5.41, 5.74) is 1.92. The molecule has 6 saturated carbocycles. The van der Waals surface area contributed by atoms with Crippen LogP contribution in [0.1, 0.15) is 98.3 Å². The van der Waals surface area contributed by atoms with Crippen molar-refractivity contribution in [2.75, 3.05) is 0 Å². The van der Waals surface area contributed by atoms with Crippen molar-refractivity contribution < 1.29 is 15.0 Å². The third-order valence-electron chi connectivity index (χ3n) is 13.8. The van der Waals surface area contributed by atoms with Gasteiger partial charge < -0.3 is 10.2 Å². The van der Waals surface area contributed by atoms with E-state index in [2.05, 4.69) is 34.3 Å². The zero-order valence-electron chi connectivity index (χ0n) is 20.8. The standard InChI is InChI=1S/C29H44O3/c1-17(2)18-8-11-28(24(31)32)14-12-25(3)19(23(18)28)6-7-22-26(25,4)13-15-29-16-20(29)21(30)9-10-27(22,29)5/h18-23,30H,1,6-16H2,2-5H3,(H,31,32)/t18-,19?,20-,21-,22?,23?,25+,26+,27+,28-,29?/m0/s1. The highest BCUT2D eigenvalue weighted by molar-refractivity contribution is 5.76. The van der Waals surface area contributed by atoms with Crippen molar-refractivity contribution in [2.45, 2.75) is 104 Å². The molecule has 6 aliphatic carbocycles. The lowest BCUT2D eigenvalue weighted by molar-refractivity contribution is -0.234. The quantitative estimate of drug-likeness (QED) is 0.485. The predicted octanol–water partition coefficient (Wildman–Crippen LogP) is 6.45. The van der Waals surface area contributed by atoms with Gasteiger partial charge in [-0.15, -0.1) is 0 Å². The van der Waals surface area contributed by atoms with Crippen LogP contribution in [0.2, 0.25) is 0 Å². The summed E-state index contributed by atoms with van der Waals surface area (Å²) in [6, 6.07) is 0. The summed E-state index contributed by atoms with van der Waals surface area (Å²) in [7, 11) is 0. The number of hydrogen-bond donors (Lipinski definition) is 2. The molecule has 32 heavy (non-hydrogen) atoms. The number of aliphatic carboxylic acids is 1. The molecule has 0 radical (unpaired) electrons. The summed E-state index contributed by atoms with van der Waals surface area (Å²) >= 11 is 0. The van der Waals surface area contributed by atoms with Crippen molar-refractivity contribution in [3.63, 3.8) is 0 Å². The van der Waals surface area contributed by atoms with Crippen molar-refractivity contribution in [1.82, 2.24) is 0 Å². The van der Waals surface area contributed by atoms with E-state index in [1.165, 1.54) is 44.1 Å². The Morgan fingerprint density at radius 3 is 2.25 bits per heavy atom. The van der Waals surface area contributed by atoms with E-state index in [9.17, 15) is 15.0 Å². The van der Waals surface area contributed by atoms with Gasteiger partial charge in [-0.25, -0.2) is 0 Å². The van der Waals surface area contributed by atoms with Crippen LogP contribution in [-0.2, 0) is 4.79 Å². The average molecular weight is 441 g/mol. The monoisotopic (exact) mass is 440 g/mol. The lowest BCUT2D eigenvalue weighted by atomic mass is 9.33. The number of carboxylic acids is 1. The molecule has 2 N–H and O–H groups in total. The lowest BCUT2D eigenvalue weighted by Gasteiger charge is -2.71. The van der Waals surface area contributed by atoms with Crippen molar-refractivity contribution >= 4 is 5.97 Å². The molecule has 178 valence electrons. The molecular formula is C29H44O3. The predicted molar refractivity (Wildman–Crippen MR) is 126 cm³/mol. The van der Waals surface area contributed by atoms with E-state index in [1.54, 1.807) is 0 Å². The Hall–Kier alpha value is -0.830. The number of carbonyl (C=O) groups is 1.